The van der Waals surface area contributed by atoms with E-state index in [2.05, 4.69) is 10.6 Å². The van der Waals surface area contributed by atoms with E-state index in [4.69, 9.17) is 11.6 Å². The molecule has 1 saturated carbocycles. The van der Waals surface area contributed by atoms with Crippen LogP contribution < -0.4 is 10.6 Å². The third-order valence-corrected chi connectivity index (χ3v) is 4.49. The molecular weight excluding hydrogens is 272 g/mol. The van der Waals surface area contributed by atoms with Gasteiger partial charge in [-0.05, 0) is 55.8 Å². The van der Waals surface area contributed by atoms with Crippen LogP contribution in [0.15, 0.2) is 24.3 Å². The Kier molecular flexibility index (Phi) is 4.27. The Hall–Kier alpha value is -1.06. The maximum absolute atomic E-state index is 12.2. The molecule has 1 aliphatic carbocycles. The fourth-order valence-electron chi connectivity index (χ4n) is 2.96. The van der Waals surface area contributed by atoms with Crippen molar-refractivity contribution in [2.45, 2.75) is 44.2 Å². The number of hydrogen-bond donors (Lipinski definition) is 2. The van der Waals surface area contributed by atoms with Crippen molar-refractivity contribution in [3.8, 4) is 0 Å². The van der Waals surface area contributed by atoms with Gasteiger partial charge in [0.05, 0.1) is 6.04 Å². The molecule has 4 heteroatoms. The second kappa shape index (κ2) is 6.15. The summed E-state index contributed by atoms with van der Waals surface area (Å²) in [7, 11) is 0. The Labute approximate surface area is 125 Å². The van der Waals surface area contributed by atoms with Gasteiger partial charge in [-0.25, -0.2) is 0 Å². The lowest BCUT2D eigenvalue weighted by atomic mass is 10.0. The second-order valence-electron chi connectivity index (χ2n) is 5.93. The molecule has 1 aromatic carbocycles. The molecule has 1 heterocycles. The molecule has 108 valence electrons. The Morgan fingerprint density at radius 3 is 2.65 bits per heavy atom. The molecule has 2 atom stereocenters. The minimum Gasteiger partial charge on any atom is -0.349 e. The molecule has 2 unspecified atom stereocenters. The van der Waals surface area contributed by atoms with Crippen molar-refractivity contribution < 1.29 is 4.79 Å². The number of rotatable bonds is 5. The van der Waals surface area contributed by atoms with E-state index in [1.54, 1.807) is 0 Å². The lowest BCUT2D eigenvalue weighted by Crippen LogP contribution is -2.35. The van der Waals surface area contributed by atoms with Crippen LogP contribution >= 0.6 is 11.6 Å². The van der Waals surface area contributed by atoms with Crippen LogP contribution in [0.1, 0.15) is 43.7 Å². The van der Waals surface area contributed by atoms with E-state index >= 15 is 0 Å². The molecule has 2 N–H and O–H groups in total. The molecule has 20 heavy (non-hydrogen) atoms. The molecule has 2 fully saturated rings. The summed E-state index contributed by atoms with van der Waals surface area (Å²) in [6.45, 7) is 1.04. The lowest BCUT2D eigenvalue weighted by Gasteiger charge is -2.20. The predicted molar refractivity (Wildman–Crippen MR) is 80.7 cm³/mol. The van der Waals surface area contributed by atoms with Crippen LogP contribution in [0.3, 0.4) is 0 Å². The minimum atomic E-state index is 0.154. The molecule has 1 amide bonds. The van der Waals surface area contributed by atoms with Crippen molar-refractivity contribution in [2.24, 2.45) is 5.92 Å². The smallest absolute Gasteiger partial charge is 0.222 e. The van der Waals surface area contributed by atoms with Gasteiger partial charge in [-0.3, -0.25) is 4.79 Å². The number of carbonyl (C=O) groups excluding carboxylic acids is 1. The fraction of sp³-hybridized carbons (Fsp3) is 0.562. The summed E-state index contributed by atoms with van der Waals surface area (Å²) in [6, 6.07) is 8.37. The average molecular weight is 293 g/mol. The molecule has 0 aromatic heterocycles. The maximum atomic E-state index is 12.2. The SMILES string of the molecule is O=C(CC1CCCN1)NC(c1ccc(Cl)cc1)C1CC1. The first-order valence-corrected chi connectivity index (χ1v) is 7.88. The van der Waals surface area contributed by atoms with Gasteiger partial charge in [0.15, 0.2) is 0 Å². The van der Waals surface area contributed by atoms with E-state index in [9.17, 15) is 4.79 Å². The molecular formula is C16H21ClN2O. The summed E-state index contributed by atoms with van der Waals surface area (Å²) in [5, 5.41) is 7.33. The van der Waals surface area contributed by atoms with Gasteiger partial charge in [0.25, 0.3) is 0 Å². The van der Waals surface area contributed by atoms with Crippen LogP contribution in [0, 0.1) is 5.92 Å². The molecule has 1 aliphatic heterocycles. The van der Waals surface area contributed by atoms with Gasteiger partial charge in [0, 0.05) is 17.5 Å². The van der Waals surface area contributed by atoms with Crippen molar-refractivity contribution in [3.05, 3.63) is 34.9 Å². The highest BCUT2D eigenvalue weighted by Gasteiger charge is 2.33. The third kappa shape index (κ3) is 3.53. The first-order chi connectivity index (χ1) is 9.72. The van der Waals surface area contributed by atoms with Gasteiger partial charge in [-0.2, -0.15) is 0 Å². The van der Waals surface area contributed by atoms with Crippen molar-refractivity contribution in [1.82, 2.24) is 10.6 Å². The standard InChI is InChI=1S/C16H21ClN2O/c17-13-7-5-12(6-8-13)16(11-3-4-11)19-15(20)10-14-2-1-9-18-14/h5-8,11,14,16,18H,1-4,9-10H2,(H,19,20). The molecule has 1 aromatic rings. The van der Waals surface area contributed by atoms with Crippen molar-refractivity contribution >= 4 is 17.5 Å². The molecule has 1 saturated heterocycles. The van der Waals surface area contributed by atoms with Crippen molar-refractivity contribution in [1.29, 1.82) is 0 Å². The number of benzene rings is 1. The summed E-state index contributed by atoms with van der Waals surface area (Å²) < 4.78 is 0. The van der Waals surface area contributed by atoms with E-state index in [1.165, 1.54) is 24.8 Å². The van der Waals surface area contributed by atoms with E-state index in [1.807, 2.05) is 24.3 Å². The summed E-state index contributed by atoms with van der Waals surface area (Å²) in [4.78, 5) is 12.2. The Bertz CT molecular complexity index is 464. The van der Waals surface area contributed by atoms with Crippen LogP contribution in [0.4, 0.5) is 0 Å². The van der Waals surface area contributed by atoms with Crippen LogP contribution in [-0.2, 0) is 4.79 Å². The number of nitrogens with one attached hydrogen (secondary N) is 2. The summed E-state index contributed by atoms with van der Waals surface area (Å²) in [5.74, 6) is 0.757. The van der Waals surface area contributed by atoms with Crippen LogP contribution in [0.25, 0.3) is 0 Å². The van der Waals surface area contributed by atoms with Crippen LogP contribution in [-0.4, -0.2) is 18.5 Å². The van der Waals surface area contributed by atoms with E-state index in [0.29, 0.717) is 18.4 Å². The Morgan fingerprint density at radius 2 is 2.05 bits per heavy atom. The topological polar surface area (TPSA) is 41.1 Å². The number of halogens is 1. The molecule has 0 bridgehead atoms. The largest absolute Gasteiger partial charge is 0.349 e. The van der Waals surface area contributed by atoms with Gasteiger partial charge < -0.3 is 10.6 Å². The molecule has 2 aliphatic rings. The second-order valence-corrected chi connectivity index (χ2v) is 6.37. The summed E-state index contributed by atoms with van der Waals surface area (Å²) >= 11 is 5.94. The quantitative estimate of drug-likeness (QED) is 0.876. The minimum absolute atomic E-state index is 0.154. The Balaban J connectivity index is 1.62. The van der Waals surface area contributed by atoms with Gasteiger partial charge in [-0.15, -0.1) is 0 Å². The highest BCUT2D eigenvalue weighted by atomic mass is 35.5. The normalized spacial score (nSPS) is 23.6. The molecule has 3 rings (SSSR count). The summed E-state index contributed by atoms with van der Waals surface area (Å²) in [5.41, 5.74) is 1.17. The van der Waals surface area contributed by atoms with Gasteiger partial charge in [0.2, 0.25) is 5.91 Å². The predicted octanol–water partition coefficient (Wildman–Crippen LogP) is 3.05. The van der Waals surface area contributed by atoms with E-state index < -0.39 is 0 Å². The maximum Gasteiger partial charge on any atom is 0.222 e. The van der Waals surface area contributed by atoms with Gasteiger partial charge >= 0.3 is 0 Å². The van der Waals surface area contributed by atoms with E-state index in [0.717, 1.165) is 18.0 Å². The third-order valence-electron chi connectivity index (χ3n) is 4.23. The fourth-order valence-corrected chi connectivity index (χ4v) is 3.09. The highest BCUT2D eigenvalue weighted by molar-refractivity contribution is 6.30. The first kappa shape index (κ1) is 13.9. The number of carbonyl (C=O) groups is 1. The highest BCUT2D eigenvalue weighted by Crippen LogP contribution is 2.41. The average Bonchev–Trinajstić information content (AvgIpc) is 3.16. The van der Waals surface area contributed by atoms with Crippen LogP contribution in [0.5, 0.6) is 0 Å². The molecule has 3 nitrogen and oxygen atoms in total. The molecule has 0 spiro atoms. The number of hydrogen-bond acceptors (Lipinski definition) is 2. The van der Waals surface area contributed by atoms with Crippen molar-refractivity contribution in [3.63, 3.8) is 0 Å². The van der Waals surface area contributed by atoms with Gasteiger partial charge in [0.1, 0.15) is 0 Å². The zero-order chi connectivity index (χ0) is 13.9. The molecule has 0 radical (unpaired) electrons. The van der Waals surface area contributed by atoms with Crippen LogP contribution in [0.2, 0.25) is 5.02 Å². The van der Waals surface area contributed by atoms with Crippen molar-refractivity contribution in [2.75, 3.05) is 6.54 Å². The number of amides is 1. The lowest BCUT2D eigenvalue weighted by molar-refractivity contribution is -0.122. The monoisotopic (exact) mass is 292 g/mol. The first-order valence-electron chi connectivity index (χ1n) is 7.50. The Morgan fingerprint density at radius 1 is 1.30 bits per heavy atom. The van der Waals surface area contributed by atoms with E-state index in [-0.39, 0.29) is 11.9 Å². The van der Waals surface area contributed by atoms with Gasteiger partial charge in [-0.1, -0.05) is 23.7 Å². The zero-order valence-corrected chi connectivity index (χ0v) is 12.3. The summed E-state index contributed by atoms with van der Waals surface area (Å²) in [6.07, 6.45) is 5.30. The zero-order valence-electron chi connectivity index (χ0n) is 11.6.